The predicted octanol–water partition coefficient (Wildman–Crippen LogP) is 3.34. The maximum absolute atomic E-state index is 5.55. The molecule has 2 heteroatoms. The fourth-order valence-corrected chi connectivity index (χ4v) is 2.72. The third kappa shape index (κ3) is 4.96. The van der Waals surface area contributed by atoms with Crippen molar-refractivity contribution in [1.82, 2.24) is 5.32 Å². The fraction of sp³-hybridized carbons (Fsp3) is 0.647. The predicted molar refractivity (Wildman–Crippen MR) is 80.6 cm³/mol. The van der Waals surface area contributed by atoms with Crippen LogP contribution in [0, 0.1) is 0 Å². The number of nitrogens with one attached hydrogen (secondary N) is 1. The van der Waals surface area contributed by atoms with Gasteiger partial charge in [-0.3, -0.25) is 0 Å². The molecule has 1 unspecified atom stereocenters. The Balaban J connectivity index is 1.61. The van der Waals surface area contributed by atoms with Crippen LogP contribution in [-0.4, -0.2) is 25.3 Å². The second-order valence-electron chi connectivity index (χ2n) is 5.79. The molecule has 0 amide bonds. The summed E-state index contributed by atoms with van der Waals surface area (Å²) in [4.78, 5) is 0. The van der Waals surface area contributed by atoms with Crippen molar-refractivity contribution in [2.45, 2.75) is 58.1 Å². The average Bonchev–Trinajstić information content (AvgIpc) is 2.42. The second-order valence-corrected chi connectivity index (χ2v) is 5.79. The molecule has 106 valence electrons. The molecule has 1 aliphatic carbocycles. The van der Waals surface area contributed by atoms with E-state index in [-0.39, 0.29) is 0 Å². The van der Waals surface area contributed by atoms with E-state index >= 15 is 0 Å². The number of benzene rings is 1. The summed E-state index contributed by atoms with van der Waals surface area (Å²) in [6.45, 7) is 6.20. The van der Waals surface area contributed by atoms with Crippen LogP contribution in [0.25, 0.3) is 0 Å². The largest absolute Gasteiger partial charge is 0.379 e. The highest BCUT2D eigenvalue weighted by Gasteiger charge is 2.16. The third-order valence-corrected chi connectivity index (χ3v) is 3.80. The Morgan fingerprint density at radius 1 is 1.21 bits per heavy atom. The van der Waals surface area contributed by atoms with Crippen molar-refractivity contribution < 1.29 is 4.74 Å². The standard InChI is InChI=1S/C17H27NO/c1-14(2)19-12-6-5-11-18-17-10-9-15-7-3-4-8-16(15)13-17/h3-4,7-8,14,17-18H,5-6,9-13H2,1-2H3. The number of unbranched alkanes of at least 4 members (excludes halogenated alkanes) is 1. The summed E-state index contributed by atoms with van der Waals surface area (Å²) in [5.74, 6) is 0. The van der Waals surface area contributed by atoms with Gasteiger partial charge < -0.3 is 10.1 Å². The van der Waals surface area contributed by atoms with E-state index in [0.717, 1.165) is 19.6 Å². The van der Waals surface area contributed by atoms with E-state index in [4.69, 9.17) is 4.74 Å². The van der Waals surface area contributed by atoms with Crippen molar-refractivity contribution >= 4 is 0 Å². The van der Waals surface area contributed by atoms with E-state index in [9.17, 15) is 0 Å². The third-order valence-electron chi connectivity index (χ3n) is 3.80. The number of hydrogen-bond acceptors (Lipinski definition) is 2. The molecule has 0 spiro atoms. The zero-order valence-corrected chi connectivity index (χ0v) is 12.3. The number of hydrogen-bond donors (Lipinski definition) is 1. The zero-order chi connectivity index (χ0) is 13.5. The van der Waals surface area contributed by atoms with Crippen molar-refractivity contribution in [3.63, 3.8) is 0 Å². The minimum absolute atomic E-state index is 0.364. The average molecular weight is 261 g/mol. The number of fused-ring (bicyclic) bond motifs is 1. The van der Waals surface area contributed by atoms with Gasteiger partial charge in [-0.2, -0.15) is 0 Å². The number of aryl methyl sites for hydroxylation is 1. The van der Waals surface area contributed by atoms with Gasteiger partial charge in [-0.15, -0.1) is 0 Å². The number of ether oxygens (including phenoxy) is 1. The van der Waals surface area contributed by atoms with Gasteiger partial charge in [0.05, 0.1) is 6.10 Å². The van der Waals surface area contributed by atoms with Gasteiger partial charge >= 0.3 is 0 Å². The maximum Gasteiger partial charge on any atom is 0.0518 e. The molecule has 1 aromatic carbocycles. The Morgan fingerprint density at radius 3 is 2.79 bits per heavy atom. The van der Waals surface area contributed by atoms with E-state index in [1.54, 1.807) is 5.56 Å². The van der Waals surface area contributed by atoms with Crippen LogP contribution in [0.5, 0.6) is 0 Å². The van der Waals surface area contributed by atoms with Crippen molar-refractivity contribution in [3.05, 3.63) is 35.4 Å². The highest BCUT2D eigenvalue weighted by Crippen LogP contribution is 2.20. The van der Waals surface area contributed by atoms with Crippen LogP contribution in [0.3, 0.4) is 0 Å². The van der Waals surface area contributed by atoms with E-state index in [0.29, 0.717) is 12.1 Å². The van der Waals surface area contributed by atoms with Gasteiger partial charge in [0.2, 0.25) is 0 Å². The topological polar surface area (TPSA) is 21.3 Å². The molecule has 2 nitrogen and oxygen atoms in total. The molecule has 1 N–H and O–H groups in total. The summed E-state index contributed by atoms with van der Waals surface area (Å²) in [6, 6.07) is 9.53. The van der Waals surface area contributed by atoms with Gasteiger partial charge in [-0.25, -0.2) is 0 Å². The van der Waals surface area contributed by atoms with Gasteiger partial charge in [0.1, 0.15) is 0 Å². The van der Waals surface area contributed by atoms with Gasteiger partial charge in [0.25, 0.3) is 0 Å². The van der Waals surface area contributed by atoms with Crippen LogP contribution >= 0.6 is 0 Å². The van der Waals surface area contributed by atoms with Crippen molar-refractivity contribution in [2.24, 2.45) is 0 Å². The SMILES string of the molecule is CC(C)OCCCCNC1CCc2ccccc2C1. The summed E-state index contributed by atoms with van der Waals surface area (Å²) in [6.07, 6.45) is 6.43. The van der Waals surface area contributed by atoms with E-state index in [1.165, 1.54) is 31.2 Å². The Kier molecular flexibility index (Phi) is 5.87. The Hall–Kier alpha value is -0.860. The summed E-state index contributed by atoms with van der Waals surface area (Å²) < 4.78 is 5.55. The second kappa shape index (κ2) is 7.66. The van der Waals surface area contributed by atoms with Crippen molar-refractivity contribution in [3.8, 4) is 0 Å². The summed E-state index contributed by atoms with van der Waals surface area (Å²) in [5.41, 5.74) is 3.08. The lowest BCUT2D eigenvalue weighted by Crippen LogP contribution is -2.35. The lowest BCUT2D eigenvalue weighted by Gasteiger charge is -2.25. The van der Waals surface area contributed by atoms with Crippen LogP contribution < -0.4 is 5.32 Å². The smallest absolute Gasteiger partial charge is 0.0518 e. The van der Waals surface area contributed by atoms with Crippen LogP contribution in [0.4, 0.5) is 0 Å². The molecule has 0 aliphatic heterocycles. The van der Waals surface area contributed by atoms with E-state index in [1.807, 2.05) is 0 Å². The first-order valence-electron chi connectivity index (χ1n) is 7.67. The van der Waals surface area contributed by atoms with Crippen LogP contribution in [-0.2, 0) is 17.6 Å². The molecular weight excluding hydrogens is 234 g/mol. The lowest BCUT2D eigenvalue weighted by atomic mass is 9.88. The Bertz CT molecular complexity index is 375. The fourth-order valence-electron chi connectivity index (χ4n) is 2.72. The molecular formula is C17H27NO. The number of rotatable bonds is 7. The van der Waals surface area contributed by atoms with Gasteiger partial charge in [0.15, 0.2) is 0 Å². The lowest BCUT2D eigenvalue weighted by molar-refractivity contribution is 0.0759. The minimum atomic E-state index is 0.364. The first kappa shape index (κ1) is 14.5. The normalized spacial score (nSPS) is 18.6. The first-order chi connectivity index (χ1) is 9.25. The Morgan fingerprint density at radius 2 is 2.00 bits per heavy atom. The molecule has 1 aromatic rings. The molecule has 0 aromatic heterocycles. The highest BCUT2D eigenvalue weighted by atomic mass is 16.5. The molecule has 0 saturated heterocycles. The summed E-state index contributed by atoms with van der Waals surface area (Å²) in [5, 5.41) is 3.70. The molecule has 0 saturated carbocycles. The van der Waals surface area contributed by atoms with Crippen molar-refractivity contribution in [1.29, 1.82) is 0 Å². The quantitative estimate of drug-likeness (QED) is 0.760. The molecule has 1 atom stereocenters. The van der Waals surface area contributed by atoms with Gasteiger partial charge in [0, 0.05) is 12.6 Å². The van der Waals surface area contributed by atoms with E-state index in [2.05, 4.69) is 43.4 Å². The molecule has 19 heavy (non-hydrogen) atoms. The van der Waals surface area contributed by atoms with Gasteiger partial charge in [-0.05, 0) is 63.6 Å². The zero-order valence-electron chi connectivity index (χ0n) is 12.3. The first-order valence-corrected chi connectivity index (χ1v) is 7.67. The highest BCUT2D eigenvalue weighted by molar-refractivity contribution is 5.30. The summed E-state index contributed by atoms with van der Waals surface area (Å²) in [7, 11) is 0. The van der Waals surface area contributed by atoms with Crippen LogP contribution in [0.2, 0.25) is 0 Å². The molecule has 0 fully saturated rings. The minimum Gasteiger partial charge on any atom is -0.379 e. The molecule has 0 heterocycles. The molecule has 2 rings (SSSR count). The van der Waals surface area contributed by atoms with Crippen molar-refractivity contribution in [2.75, 3.05) is 13.2 Å². The van der Waals surface area contributed by atoms with E-state index < -0.39 is 0 Å². The monoisotopic (exact) mass is 261 g/mol. The van der Waals surface area contributed by atoms with Crippen LogP contribution in [0.15, 0.2) is 24.3 Å². The van der Waals surface area contributed by atoms with Crippen LogP contribution in [0.1, 0.15) is 44.2 Å². The maximum atomic E-state index is 5.55. The Labute approximate surface area is 117 Å². The molecule has 0 bridgehead atoms. The molecule has 1 aliphatic rings. The summed E-state index contributed by atoms with van der Waals surface area (Å²) >= 11 is 0. The van der Waals surface area contributed by atoms with Gasteiger partial charge in [-0.1, -0.05) is 24.3 Å². The molecule has 0 radical (unpaired) electrons.